The number of carbonyl (C=O) groups is 2. The van der Waals surface area contributed by atoms with Crippen LogP contribution in [0.4, 0.5) is 0 Å². The second-order valence-corrected chi connectivity index (χ2v) is 9.31. The molecule has 2 fully saturated rings. The minimum absolute atomic E-state index is 0.0435. The van der Waals surface area contributed by atoms with Gasteiger partial charge in [0.05, 0.1) is 23.3 Å². The summed E-state index contributed by atoms with van der Waals surface area (Å²) in [7, 11) is -2.26. The summed E-state index contributed by atoms with van der Waals surface area (Å²) in [4.78, 5) is 25.8. The molecule has 0 bridgehead atoms. The fraction of sp³-hybridized carbons (Fsp3) is 0.706. The van der Waals surface area contributed by atoms with Crippen molar-refractivity contribution in [3.63, 3.8) is 0 Å². The number of carboxylic acids is 1. The highest BCUT2D eigenvalue weighted by Gasteiger charge is 2.47. The lowest BCUT2D eigenvalue weighted by Gasteiger charge is -2.22. The highest BCUT2D eigenvalue weighted by Crippen LogP contribution is 2.44. The van der Waals surface area contributed by atoms with Gasteiger partial charge in [-0.15, -0.1) is 0 Å². The number of rotatable bonds is 6. The number of nitrogens with one attached hydrogen (secondary N) is 1. The van der Waals surface area contributed by atoms with Crippen molar-refractivity contribution in [2.75, 3.05) is 13.1 Å². The number of likely N-dealkylation sites (tertiary alicyclic amines) is 1. The van der Waals surface area contributed by atoms with Gasteiger partial charge in [-0.25, -0.2) is 8.42 Å². The SMILES string of the molecule is Cc1nn(C)c(C)c1S(=O)(=O)NC(C)C(=O)N1C[C@H](C(=O)O)[C@@H](C2CC2)C1. The normalized spacial score (nSPS) is 24.2. The van der Waals surface area contributed by atoms with Gasteiger partial charge in [0.25, 0.3) is 0 Å². The molecule has 3 atom stereocenters. The minimum atomic E-state index is -3.92. The smallest absolute Gasteiger partial charge is 0.308 e. The van der Waals surface area contributed by atoms with Gasteiger partial charge in [-0.1, -0.05) is 0 Å². The topological polar surface area (TPSA) is 122 Å². The van der Waals surface area contributed by atoms with Crippen molar-refractivity contribution in [3.8, 4) is 0 Å². The van der Waals surface area contributed by atoms with E-state index in [4.69, 9.17) is 0 Å². The van der Waals surface area contributed by atoms with Crippen molar-refractivity contribution in [1.82, 2.24) is 19.4 Å². The molecule has 1 aliphatic carbocycles. The molecule has 1 aromatic rings. The molecule has 0 spiro atoms. The number of sulfonamides is 1. The van der Waals surface area contributed by atoms with Crippen LogP contribution in [0.15, 0.2) is 4.90 Å². The van der Waals surface area contributed by atoms with Gasteiger partial charge in [0, 0.05) is 20.1 Å². The Balaban J connectivity index is 1.73. The molecule has 9 nitrogen and oxygen atoms in total. The number of hydrogen-bond acceptors (Lipinski definition) is 5. The fourth-order valence-corrected chi connectivity index (χ4v) is 5.67. The van der Waals surface area contributed by atoms with E-state index in [9.17, 15) is 23.1 Å². The van der Waals surface area contributed by atoms with E-state index in [1.54, 1.807) is 20.9 Å². The molecule has 1 aromatic heterocycles. The van der Waals surface area contributed by atoms with E-state index in [0.717, 1.165) is 12.8 Å². The van der Waals surface area contributed by atoms with Crippen molar-refractivity contribution in [2.24, 2.45) is 24.8 Å². The van der Waals surface area contributed by atoms with E-state index in [0.29, 0.717) is 23.9 Å². The first kappa shape index (κ1) is 19.8. The number of aliphatic carboxylic acids is 1. The Labute approximate surface area is 158 Å². The highest BCUT2D eigenvalue weighted by molar-refractivity contribution is 7.89. The van der Waals surface area contributed by atoms with Crippen LogP contribution >= 0.6 is 0 Å². The molecule has 1 unspecified atom stereocenters. The molecule has 150 valence electrons. The van der Waals surface area contributed by atoms with Gasteiger partial charge in [0.2, 0.25) is 15.9 Å². The van der Waals surface area contributed by atoms with Gasteiger partial charge in [-0.05, 0) is 45.4 Å². The van der Waals surface area contributed by atoms with Crippen LogP contribution in [-0.2, 0) is 26.7 Å². The lowest BCUT2D eigenvalue weighted by atomic mass is 9.92. The summed E-state index contributed by atoms with van der Waals surface area (Å²) in [6.45, 7) is 5.25. The van der Waals surface area contributed by atoms with E-state index < -0.39 is 33.9 Å². The molecule has 1 saturated heterocycles. The van der Waals surface area contributed by atoms with Crippen molar-refractivity contribution in [1.29, 1.82) is 0 Å². The van der Waals surface area contributed by atoms with Crippen molar-refractivity contribution >= 4 is 21.9 Å². The zero-order chi connectivity index (χ0) is 20.1. The van der Waals surface area contributed by atoms with Gasteiger partial charge >= 0.3 is 5.97 Å². The molecular formula is C17H26N4O5S. The van der Waals surface area contributed by atoms with Crippen molar-refractivity contribution < 1.29 is 23.1 Å². The number of carbonyl (C=O) groups excluding carboxylic acids is 1. The predicted molar refractivity (Wildman–Crippen MR) is 96.4 cm³/mol. The van der Waals surface area contributed by atoms with E-state index >= 15 is 0 Å². The standard InChI is InChI=1S/C17H26N4O5S/c1-9-15(11(3)20(4)18-9)27(25,26)19-10(2)16(22)21-7-13(12-5-6-12)14(8-21)17(23)24/h10,12-14,19H,5-8H2,1-4H3,(H,23,24)/t10?,13-,14+/m1/s1. The van der Waals surface area contributed by atoms with Crippen molar-refractivity contribution in [2.45, 2.75) is 44.6 Å². The summed E-state index contributed by atoms with van der Waals surface area (Å²) in [5.41, 5.74) is 0.851. The maximum Gasteiger partial charge on any atom is 0.308 e. The first-order chi connectivity index (χ1) is 12.5. The predicted octanol–water partition coefficient (Wildman–Crippen LogP) is 0.273. The Morgan fingerprint density at radius 3 is 2.37 bits per heavy atom. The van der Waals surface area contributed by atoms with E-state index in [1.807, 2.05) is 0 Å². The third-order valence-electron chi connectivity index (χ3n) is 5.64. The molecule has 1 aliphatic heterocycles. The molecule has 1 amide bonds. The molecule has 2 heterocycles. The lowest BCUT2D eigenvalue weighted by molar-refractivity contribution is -0.142. The summed E-state index contributed by atoms with van der Waals surface area (Å²) in [5, 5.41) is 13.5. The minimum Gasteiger partial charge on any atom is -0.481 e. The number of aromatic nitrogens is 2. The summed E-state index contributed by atoms with van der Waals surface area (Å²) >= 11 is 0. The Morgan fingerprint density at radius 2 is 1.89 bits per heavy atom. The first-order valence-electron chi connectivity index (χ1n) is 9.07. The molecule has 27 heavy (non-hydrogen) atoms. The quantitative estimate of drug-likeness (QED) is 0.709. The maximum atomic E-state index is 12.8. The average molecular weight is 398 g/mol. The van der Waals surface area contributed by atoms with Crippen LogP contribution in [-0.4, -0.2) is 59.2 Å². The Kier molecular flexibility index (Phi) is 5.06. The number of hydrogen-bond donors (Lipinski definition) is 2. The van der Waals surface area contributed by atoms with Crippen LogP contribution in [0.5, 0.6) is 0 Å². The van der Waals surface area contributed by atoms with Crippen LogP contribution in [0.25, 0.3) is 0 Å². The number of amides is 1. The molecule has 0 aromatic carbocycles. The number of carboxylic acid groups (broad SMARTS) is 1. The first-order valence-corrected chi connectivity index (χ1v) is 10.6. The van der Waals surface area contributed by atoms with Crippen LogP contribution < -0.4 is 4.72 Å². The van der Waals surface area contributed by atoms with Crippen molar-refractivity contribution in [3.05, 3.63) is 11.4 Å². The second kappa shape index (κ2) is 6.90. The molecule has 1 saturated carbocycles. The zero-order valence-electron chi connectivity index (χ0n) is 16.0. The third kappa shape index (κ3) is 3.73. The zero-order valence-corrected chi connectivity index (χ0v) is 16.8. The highest BCUT2D eigenvalue weighted by atomic mass is 32.2. The molecular weight excluding hydrogens is 372 g/mol. The third-order valence-corrected chi connectivity index (χ3v) is 7.43. The Bertz CT molecular complexity index is 874. The van der Waals surface area contributed by atoms with Crippen LogP contribution in [0.2, 0.25) is 0 Å². The largest absolute Gasteiger partial charge is 0.481 e. The van der Waals surface area contributed by atoms with Gasteiger partial charge in [-0.3, -0.25) is 14.3 Å². The fourth-order valence-electron chi connectivity index (χ4n) is 4.03. The van der Waals surface area contributed by atoms with Crippen LogP contribution in [0, 0.1) is 31.6 Å². The van der Waals surface area contributed by atoms with Crippen LogP contribution in [0.1, 0.15) is 31.2 Å². The number of aryl methyl sites for hydroxylation is 2. The Morgan fingerprint density at radius 1 is 1.26 bits per heavy atom. The van der Waals surface area contributed by atoms with Crippen LogP contribution in [0.3, 0.4) is 0 Å². The van der Waals surface area contributed by atoms with Gasteiger partial charge < -0.3 is 10.0 Å². The molecule has 10 heteroatoms. The number of nitrogens with zero attached hydrogens (tertiary/aromatic N) is 3. The summed E-state index contributed by atoms with van der Waals surface area (Å²) < 4.78 is 29.4. The average Bonchev–Trinajstić information content (AvgIpc) is 3.24. The second-order valence-electron chi connectivity index (χ2n) is 7.66. The summed E-state index contributed by atoms with van der Waals surface area (Å²) in [6.07, 6.45) is 2.00. The summed E-state index contributed by atoms with van der Waals surface area (Å²) in [6, 6.07) is -0.985. The van der Waals surface area contributed by atoms with Gasteiger partial charge in [0.1, 0.15) is 4.90 Å². The monoisotopic (exact) mass is 398 g/mol. The molecule has 2 N–H and O–H groups in total. The summed E-state index contributed by atoms with van der Waals surface area (Å²) in [5.74, 6) is -1.55. The van der Waals surface area contributed by atoms with E-state index in [2.05, 4.69) is 9.82 Å². The molecule has 2 aliphatic rings. The Hall–Kier alpha value is -1.94. The van der Waals surface area contributed by atoms with Gasteiger partial charge in [0.15, 0.2) is 0 Å². The lowest BCUT2D eigenvalue weighted by Crippen LogP contribution is -2.46. The molecule has 3 rings (SSSR count). The van der Waals surface area contributed by atoms with E-state index in [-0.39, 0.29) is 17.4 Å². The molecule has 0 radical (unpaired) electrons. The van der Waals surface area contributed by atoms with Gasteiger partial charge in [-0.2, -0.15) is 9.82 Å². The maximum absolute atomic E-state index is 12.8. The van der Waals surface area contributed by atoms with E-state index in [1.165, 1.54) is 16.5 Å².